The van der Waals surface area contributed by atoms with Crippen LogP contribution in [-0.4, -0.2) is 24.9 Å². The molecule has 3 aromatic rings. The topological polar surface area (TPSA) is 73.1 Å². The summed E-state index contributed by atoms with van der Waals surface area (Å²) < 4.78 is 7.24. The van der Waals surface area contributed by atoms with Crippen LogP contribution in [0.15, 0.2) is 42.9 Å². The Morgan fingerprint density at radius 3 is 3.04 bits per heavy atom. The number of aromatic hydroxyl groups is 1. The molecule has 4 heterocycles. The largest absolute Gasteiger partial charge is 0.493 e. The molecule has 0 spiro atoms. The molecule has 0 aromatic carbocycles. The zero-order chi connectivity index (χ0) is 15.6. The van der Waals surface area contributed by atoms with Crippen LogP contribution in [0.2, 0.25) is 0 Å². The number of hydrogen-bond acceptors (Lipinski definition) is 6. The number of rotatable bonds is 4. The predicted molar refractivity (Wildman–Crippen MR) is 86.6 cm³/mol. The summed E-state index contributed by atoms with van der Waals surface area (Å²) in [7, 11) is 0. The molecular weight excluding hydrogens is 312 g/mol. The molecule has 0 unspecified atom stereocenters. The minimum Gasteiger partial charge on any atom is -0.493 e. The molecule has 0 aliphatic carbocycles. The highest BCUT2D eigenvalue weighted by Crippen LogP contribution is 2.36. The first kappa shape index (κ1) is 14.1. The summed E-state index contributed by atoms with van der Waals surface area (Å²) >= 11 is 1.75. The molecule has 3 aromatic heterocycles. The average Bonchev–Trinajstić information content (AvgIpc) is 3.17. The van der Waals surface area contributed by atoms with Gasteiger partial charge in [0.1, 0.15) is 12.4 Å². The molecule has 1 aliphatic rings. The van der Waals surface area contributed by atoms with Gasteiger partial charge in [-0.05, 0) is 12.1 Å². The first-order chi connectivity index (χ1) is 11.3. The Hall–Kier alpha value is -2.54. The number of hydrogen-bond donors (Lipinski definition) is 1. The van der Waals surface area contributed by atoms with E-state index in [9.17, 15) is 5.11 Å². The van der Waals surface area contributed by atoms with Gasteiger partial charge in [-0.25, -0.2) is 4.98 Å². The van der Waals surface area contributed by atoms with E-state index in [-0.39, 0.29) is 5.88 Å². The fourth-order valence-electron chi connectivity index (χ4n) is 2.41. The molecule has 0 bridgehead atoms. The second-order valence-corrected chi connectivity index (χ2v) is 6.14. The van der Waals surface area contributed by atoms with Crippen molar-refractivity contribution in [2.45, 2.75) is 18.1 Å². The molecule has 23 heavy (non-hydrogen) atoms. The Balaban J connectivity index is 1.57. The van der Waals surface area contributed by atoms with Gasteiger partial charge < -0.3 is 9.84 Å². The molecule has 0 saturated heterocycles. The van der Waals surface area contributed by atoms with Crippen molar-refractivity contribution < 1.29 is 9.84 Å². The SMILES string of the molecule is Oc1c2c(nn1-c1cc(OCc3cccnc3)ccn1)CSC2. The molecule has 0 fully saturated rings. The van der Waals surface area contributed by atoms with Crippen LogP contribution < -0.4 is 4.74 Å². The summed E-state index contributed by atoms with van der Waals surface area (Å²) in [6.45, 7) is 0.426. The molecule has 116 valence electrons. The molecule has 0 saturated carbocycles. The Kier molecular flexibility index (Phi) is 3.63. The lowest BCUT2D eigenvalue weighted by Crippen LogP contribution is -2.02. The van der Waals surface area contributed by atoms with Crippen molar-refractivity contribution in [2.24, 2.45) is 0 Å². The van der Waals surface area contributed by atoms with E-state index in [0.29, 0.717) is 18.2 Å². The number of aromatic nitrogens is 4. The number of fused-ring (bicyclic) bond motifs is 1. The zero-order valence-corrected chi connectivity index (χ0v) is 13.0. The average molecular weight is 326 g/mol. The third-order valence-electron chi connectivity index (χ3n) is 3.59. The molecule has 1 N–H and O–H groups in total. The third kappa shape index (κ3) is 2.75. The van der Waals surface area contributed by atoms with E-state index < -0.39 is 0 Å². The number of nitrogens with zero attached hydrogens (tertiary/aromatic N) is 4. The molecule has 1 aliphatic heterocycles. The van der Waals surface area contributed by atoms with Gasteiger partial charge in [0.2, 0.25) is 5.88 Å². The third-order valence-corrected chi connectivity index (χ3v) is 4.56. The van der Waals surface area contributed by atoms with Crippen LogP contribution in [0.25, 0.3) is 5.82 Å². The highest BCUT2D eigenvalue weighted by Gasteiger charge is 2.23. The van der Waals surface area contributed by atoms with Crippen LogP contribution in [0.1, 0.15) is 16.8 Å². The van der Waals surface area contributed by atoms with E-state index in [1.54, 1.807) is 42.5 Å². The van der Waals surface area contributed by atoms with Crippen molar-refractivity contribution in [2.75, 3.05) is 0 Å². The Labute approximate surface area is 137 Å². The summed E-state index contributed by atoms with van der Waals surface area (Å²) in [6, 6.07) is 7.38. The quantitative estimate of drug-likeness (QED) is 0.795. The fraction of sp³-hybridized carbons (Fsp3) is 0.188. The maximum atomic E-state index is 10.3. The minimum atomic E-state index is 0.168. The van der Waals surface area contributed by atoms with Gasteiger partial charge in [0.25, 0.3) is 0 Å². The summed E-state index contributed by atoms with van der Waals surface area (Å²) in [5.41, 5.74) is 2.82. The standard InChI is InChI=1S/C16H14N4O2S/c21-16-13-9-23-10-14(13)19-20(16)15-6-12(3-5-18-15)22-8-11-2-1-4-17-7-11/h1-7,21H,8-10H2. The van der Waals surface area contributed by atoms with Crippen molar-refractivity contribution >= 4 is 11.8 Å². The van der Waals surface area contributed by atoms with E-state index in [1.807, 2.05) is 12.1 Å². The molecule has 0 atom stereocenters. The molecule has 0 radical (unpaired) electrons. The van der Waals surface area contributed by atoms with Gasteiger partial charge in [-0.2, -0.15) is 21.5 Å². The van der Waals surface area contributed by atoms with E-state index in [4.69, 9.17) is 4.74 Å². The van der Waals surface area contributed by atoms with Gasteiger partial charge in [-0.1, -0.05) is 6.07 Å². The Bertz CT molecular complexity index is 835. The number of ether oxygens (including phenoxy) is 1. The smallest absolute Gasteiger partial charge is 0.220 e. The van der Waals surface area contributed by atoms with E-state index in [0.717, 1.165) is 28.3 Å². The second kappa shape index (κ2) is 5.92. The van der Waals surface area contributed by atoms with Crippen LogP contribution in [0.3, 0.4) is 0 Å². The van der Waals surface area contributed by atoms with Gasteiger partial charge in [0.15, 0.2) is 5.82 Å². The summed E-state index contributed by atoms with van der Waals surface area (Å²) in [5, 5.41) is 14.7. The van der Waals surface area contributed by atoms with Gasteiger partial charge in [0.05, 0.1) is 5.69 Å². The van der Waals surface area contributed by atoms with Gasteiger partial charge >= 0.3 is 0 Å². The van der Waals surface area contributed by atoms with E-state index in [2.05, 4.69) is 15.1 Å². The van der Waals surface area contributed by atoms with Crippen LogP contribution in [0.4, 0.5) is 0 Å². The van der Waals surface area contributed by atoms with Crippen LogP contribution in [-0.2, 0) is 18.1 Å². The van der Waals surface area contributed by atoms with Crippen molar-refractivity contribution in [1.82, 2.24) is 19.7 Å². The highest BCUT2D eigenvalue weighted by molar-refractivity contribution is 7.98. The van der Waals surface area contributed by atoms with Crippen LogP contribution in [0.5, 0.6) is 11.6 Å². The zero-order valence-electron chi connectivity index (χ0n) is 12.2. The molecule has 6 nitrogen and oxygen atoms in total. The van der Waals surface area contributed by atoms with E-state index >= 15 is 0 Å². The summed E-state index contributed by atoms with van der Waals surface area (Å²) in [6.07, 6.45) is 5.14. The first-order valence-corrected chi connectivity index (χ1v) is 8.32. The Morgan fingerprint density at radius 1 is 1.26 bits per heavy atom. The second-order valence-electron chi connectivity index (χ2n) is 5.15. The molecular formula is C16H14N4O2S. The van der Waals surface area contributed by atoms with Crippen molar-refractivity contribution in [1.29, 1.82) is 0 Å². The first-order valence-electron chi connectivity index (χ1n) is 7.17. The molecule has 7 heteroatoms. The van der Waals surface area contributed by atoms with Gasteiger partial charge in [-0.3, -0.25) is 4.98 Å². The monoisotopic (exact) mass is 326 g/mol. The normalized spacial score (nSPS) is 13.0. The lowest BCUT2D eigenvalue weighted by Gasteiger charge is -2.08. The lowest BCUT2D eigenvalue weighted by atomic mass is 10.3. The maximum Gasteiger partial charge on any atom is 0.220 e. The van der Waals surface area contributed by atoms with Crippen LogP contribution >= 0.6 is 11.8 Å². The van der Waals surface area contributed by atoms with Gasteiger partial charge in [-0.15, -0.1) is 0 Å². The minimum absolute atomic E-state index is 0.168. The van der Waals surface area contributed by atoms with Gasteiger partial charge in [0, 0.05) is 47.3 Å². The Morgan fingerprint density at radius 2 is 2.22 bits per heavy atom. The highest BCUT2D eigenvalue weighted by atomic mass is 32.2. The van der Waals surface area contributed by atoms with Crippen molar-refractivity contribution in [3.8, 4) is 17.4 Å². The van der Waals surface area contributed by atoms with E-state index in [1.165, 1.54) is 4.68 Å². The van der Waals surface area contributed by atoms with Crippen molar-refractivity contribution in [3.63, 3.8) is 0 Å². The van der Waals surface area contributed by atoms with Crippen molar-refractivity contribution in [3.05, 3.63) is 59.7 Å². The lowest BCUT2D eigenvalue weighted by molar-refractivity contribution is 0.305. The fourth-order valence-corrected chi connectivity index (χ4v) is 3.44. The predicted octanol–water partition coefficient (Wildman–Crippen LogP) is 2.69. The summed E-state index contributed by atoms with van der Waals surface area (Å²) in [5.74, 6) is 3.00. The summed E-state index contributed by atoms with van der Waals surface area (Å²) in [4.78, 5) is 8.34. The maximum absolute atomic E-state index is 10.3. The molecule has 0 amide bonds. The number of pyridine rings is 2. The molecule has 4 rings (SSSR count). The van der Waals surface area contributed by atoms with Crippen LogP contribution in [0, 0.1) is 0 Å². The number of thioether (sulfide) groups is 1.